The molecular weight excluding hydrogens is 248 g/mol. The number of ether oxygens (including phenoxy) is 2. The van der Waals surface area contributed by atoms with E-state index in [1.807, 2.05) is 0 Å². The zero-order chi connectivity index (χ0) is 14.4. The third kappa shape index (κ3) is 2.77. The highest BCUT2D eigenvalue weighted by Crippen LogP contribution is 2.51. The summed E-state index contributed by atoms with van der Waals surface area (Å²) < 4.78 is 12.1. The Kier molecular flexibility index (Phi) is 3.42. The first-order valence-electron chi connectivity index (χ1n) is 7.76. The summed E-state index contributed by atoms with van der Waals surface area (Å²) in [6.07, 6.45) is 4.02. The summed E-state index contributed by atoms with van der Waals surface area (Å²) in [5.41, 5.74) is 2.69. The highest BCUT2D eigenvalue weighted by molar-refractivity contribution is 5.21. The number of hydrogen-bond donors (Lipinski definition) is 0. The van der Waals surface area contributed by atoms with Gasteiger partial charge in [0.2, 0.25) is 0 Å². The lowest BCUT2D eigenvalue weighted by Crippen LogP contribution is -2.38. The minimum atomic E-state index is -0.0724. The first-order chi connectivity index (χ1) is 9.39. The van der Waals surface area contributed by atoms with Gasteiger partial charge in [0.05, 0.1) is 23.9 Å². The summed E-state index contributed by atoms with van der Waals surface area (Å²) in [7, 11) is 0. The molecule has 1 saturated heterocycles. The second kappa shape index (κ2) is 4.85. The van der Waals surface area contributed by atoms with E-state index in [-0.39, 0.29) is 11.2 Å². The van der Waals surface area contributed by atoms with Crippen LogP contribution in [-0.4, -0.2) is 17.3 Å². The van der Waals surface area contributed by atoms with Crippen molar-refractivity contribution in [2.24, 2.45) is 5.92 Å². The number of aryl methyl sites for hydroxylation is 1. The van der Waals surface area contributed by atoms with E-state index in [9.17, 15) is 0 Å². The molecule has 0 unspecified atom stereocenters. The Morgan fingerprint density at radius 1 is 1.40 bits per heavy atom. The lowest BCUT2D eigenvalue weighted by molar-refractivity contribution is -0.0792. The molecule has 0 bridgehead atoms. The van der Waals surface area contributed by atoms with Gasteiger partial charge in [-0.15, -0.1) is 0 Å². The molecule has 2 nitrogen and oxygen atoms in total. The average molecular weight is 274 g/mol. The van der Waals surface area contributed by atoms with Crippen LogP contribution < -0.4 is 0 Å². The van der Waals surface area contributed by atoms with Gasteiger partial charge in [-0.3, -0.25) is 0 Å². The Morgan fingerprint density at radius 2 is 2.20 bits per heavy atom. The maximum atomic E-state index is 6.25. The first-order valence-corrected chi connectivity index (χ1v) is 7.76. The third-order valence-corrected chi connectivity index (χ3v) is 5.20. The van der Waals surface area contributed by atoms with Gasteiger partial charge in [-0.25, -0.2) is 0 Å². The fraction of sp³-hybridized carbons (Fsp3) is 0.667. The topological polar surface area (TPSA) is 21.8 Å². The van der Waals surface area contributed by atoms with E-state index < -0.39 is 0 Å². The SMILES string of the molecule is Cc1cccc(COC(C)(C)[C@H]2CC[C@@]3(C)O[C@H]3C2)c1. The van der Waals surface area contributed by atoms with Crippen LogP contribution >= 0.6 is 0 Å². The van der Waals surface area contributed by atoms with Gasteiger partial charge in [0.25, 0.3) is 0 Å². The van der Waals surface area contributed by atoms with Crippen molar-refractivity contribution < 1.29 is 9.47 Å². The summed E-state index contributed by atoms with van der Waals surface area (Å²) >= 11 is 0. The Hall–Kier alpha value is -0.860. The normalized spacial score (nSPS) is 32.8. The molecule has 2 heteroatoms. The third-order valence-electron chi connectivity index (χ3n) is 5.20. The predicted molar refractivity (Wildman–Crippen MR) is 80.7 cm³/mol. The lowest BCUT2D eigenvalue weighted by Gasteiger charge is -2.37. The standard InChI is InChI=1S/C18H26O2/c1-13-6-5-7-14(10-13)12-19-17(2,3)15-8-9-18(4)16(11-15)20-18/h5-7,10,15-16H,8-9,11-12H2,1-4H3/t15-,16-,18+/m0/s1. The van der Waals surface area contributed by atoms with E-state index >= 15 is 0 Å². The van der Waals surface area contributed by atoms with Crippen molar-refractivity contribution in [3.63, 3.8) is 0 Å². The van der Waals surface area contributed by atoms with E-state index in [0.29, 0.717) is 18.6 Å². The molecule has 1 aliphatic carbocycles. The summed E-state index contributed by atoms with van der Waals surface area (Å²) in [5, 5.41) is 0. The quantitative estimate of drug-likeness (QED) is 0.766. The molecule has 2 aliphatic rings. The summed E-state index contributed by atoms with van der Waals surface area (Å²) in [4.78, 5) is 0. The molecular formula is C18H26O2. The minimum Gasteiger partial charge on any atom is -0.371 e. The van der Waals surface area contributed by atoms with Gasteiger partial charge in [0.1, 0.15) is 0 Å². The molecule has 0 radical (unpaired) electrons. The number of fused-ring (bicyclic) bond motifs is 1. The second-order valence-electron chi connectivity index (χ2n) is 7.27. The number of benzene rings is 1. The van der Waals surface area contributed by atoms with Crippen molar-refractivity contribution in [1.82, 2.24) is 0 Å². The van der Waals surface area contributed by atoms with Crippen LogP contribution in [0.3, 0.4) is 0 Å². The van der Waals surface area contributed by atoms with Crippen molar-refractivity contribution in [1.29, 1.82) is 0 Å². The maximum absolute atomic E-state index is 6.25. The molecule has 0 aromatic heterocycles. The van der Waals surface area contributed by atoms with E-state index in [0.717, 1.165) is 6.42 Å². The molecule has 2 fully saturated rings. The molecule has 0 amide bonds. The van der Waals surface area contributed by atoms with Gasteiger partial charge >= 0.3 is 0 Å². The summed E-state index contributed by atoms with van der Waals surface area (Å²) in [5.74, 6) is 0.605. The average Bonchev–Trinajstić information content (AvgIpc) is 3.07. The van der Waals surface area contributed by atoms with Crippen LogP contribution in [0.15, 0.2) is 24.3 Å². The van der Waals surface area contributed by atoms with E-state index in [2.05, 4.69) is 52.0 Å². The first kappa shape index (κ1) is 14.1. The monoisotopic (exact) mass is 274 g/mol. The molecule has 1 aliphatic heterocycles. The fourth-order valence-corrected chi connectivity index (χ4v) is 3.47. The Morgan fingerprint density at radius 3 is 2.90 bits per heavy atom. The predicted octanol–water partition coefficient (Wildman–Crippen LogP) is 4.25. The second-order valence-corrected chi connectivity index (χ2v) is 7.27. The van der Waals surface area contributed by atoms with Crippen LogP contribution in [0.5, 0.6) is 0 Å². The van der Waals surface area contributed by atoms with Crippen molar-refractivity contribution in [3.8, 4) is 0 Å². The highest BCUT2D eigenvalue weighted by atomic mass is 16.6. The zero-order valence-electron chi connectivity index (χ0n) is 13.1. The largest absolute Gasteiger partial charge is 0.371 e. The van der Waals surface area contributed by atoms with Gasteiger partial charge in [-0.2, -0.15) is 0 Å². The van der Waals surface area contributed by atoms with Gasteiger partial charge < -0.3 is 9.47 Å². The smallest absolute Gasteiger partial charge is 0.0920 e. The van der Waals surface area contributed by atoms with Gasteiger partial charge in [0.15, 0.2) is 0 Å². The van der Waals surface area contributed by atoms with Crippen LogP contribution in [-0.2, 0) is 16.1 Å². The minimum absolute atomic E-state index is 0.0724. The lowest BCUT2D eigenvalue weighted by atomic mass is 9.75. The van der Waals surface area contributed by atoms with Gasteiger partial charge in [0, 0.05) is 0 Å². The highest BCUT2D eigenvalue weighted by Gasteiger charge is 2.57. The van der Waals surface area contributed by atoms with Crippen LogP contribution in [0.4, 0.5) is 0 Å². The van der Waals surface area contributed by atoms with Crippen LogP contribution in [0.2, 0.25) is 0 Å². The zero-order valence-corrected chi connectivity index (χ0v) is 13.1. The number of rotatable bonds is 4. The number of epoxide rings is 1. The molecule has 20 heavy (non-hydrogen) atoms. The molecule has 3 atom stereocenters. The summed E-state index contributed by atoms with van der Waals surface area (Å²) in [6, 6.07) is 8.58. The molecule has 1 heterocycles. The molecule has 0 N–H and O–H groups in total. The fourth-order valence-electron chi connectivity index (χ4n) is 3.47. The maximum Gasteiger partial charge on any atom is 0.0920 e. The van der Waals surface area contributed by atoms with E-state index in [1.165, 1.54) is 24.0 Å². The molecule has 110 valence electrons. The molecule has 0 spiro atoms. The number of hydrogen-bond acceptors (Lipinski definition) is 2. The van der Waals surface area contributed by atoms with Gasteiger partial charge in [-0.05, 0) is 58.4 Å². The van der Waals surface area contributed by atoms with Crippen molar-refractivity contribution in [2.45, 2.75) is 70.9 Å². The van der Waals surface area contributed by atoms with Crippen LogP contribution in [0.25, 0.3) is 0 Å². The van der Waals surface area contributed by atoms with Crippen molar-refractivity contribution in [3.05, 3.63) is 35.4 Å². The Bertz CT molecular complexity index is 494. The van der Waals surface area contributed by atoms with E-state index in [1.54, 1.807) is 0 Å². The molecule has 1 aromatic rings. The van der Waals surface area contributed by atoms with Crippen LogP contribution in [0, 0.1) is 12.8 Å². The Balaban J connectivity index is 1.58. The molecule has 1 saturated carbocycles. The van der Waals surface area contributed by atoms with Gasteiger partial charge in [-0.1, -0.05) is 29.8 Å². The molecule has 1 aromatic carbocycles. The summed E-state index contributed by atoms with van der Waals surface area (Å²) in [6.45, 7) is 9.54. The van der Waals surface area contributed by atoms with Crippen LogP contribution in [0.1, 0.15) is 51.2 Å². The molecule has 3 rings (SSSR count). The van der Waals surface area contributed by atoms with Crippen molar-refractivity contribution >= 4 is 0 Å². The van der Waals surface area contributed by atoms with E-state index in [4.69, 9.17) is 9.47 Å². The Labute approximate surface area is 122 Å². The van der Waals surface area contributed by atoms with Crippen molar-refractivity contribution in [2.75, 3.05) is 0 Å².